The van der Waals surface area contributed by atoms with E-state index in [0.29, 0.717) is 13.1 Å². The van der Waals surface area contributed by atoms with Gasteiger partial charge < -0.3 is 35.2 Å². The number of rotatable bonds is 12. The summed E-state index contributed by atoms with van der Waals surface area (Å²) >= 11 is 0. The van der Waals surface area contributed by atoms with Gasteiger partial charge in [-0.3, -0.25) is 14.4 Å². The van der Waals surface area contributed by atoms with E-state index in [1.165, 1.54) is 0 Å². The van der Waals surface area contributed by atoms with E-state index >= 15 is 0 Å². The highest BCUT2D eigenvalue weighted by Gasteiger charge is 2.45. The molecule has 0 aromatic rings. The van der Waals surface area contributed by atoms with Crippen molar-refractivity contribution < 1.29 is 23.9 Å². The molecule has 3 N–H and O–H groups in total. The number of hydrogen-bond donors (Lipinski definition) is 3. The van der Waals surface area contributed by atoms with Crippen molar-refractivity contribution in [3.05, 3.63) is 0 Å². The van der Waals surface area contributed by atoms with Crippen LogP contribution in [0.25, 0.3) is 0 Å². The van der Waals surface area contributed by atoms with Crippen molar-refractivity contribution in [1.82, 2.24) is 25.8 Å². The predicted octanol–water partition coefficient (Wildman–Crippen LogP) is -0.668. The maximum atomic E-state index is 13.2. The molecule has 7 atom stereocenters. The number of amides is 3. The van der Waals surface area contributed by atoms with Crippen LogP contribution in [-0.4, -0.2) is 111 Å². The van der Waals surface area contributed by atoms with E-state index in [0.717, 1.165) is 19.3 Å². The molecular formula is C24H41N5O5. The monoisotopic (exact) mass is 479 g/mol. The molecule has 2 saturated heterocycles. The van der Waals surface area contributed by atoms with E-state index in [4.69, 9.17) is 9.47 Å². The molecule has 2 heterocycles. The maximum absolute atomic E-state index is 13.2. The van der Waals surface area contributed by atoms with E-state index in [9.17, 15) is 14.4 Å². The molecule has 3 amide bonds. The number of likely N-dealkylation sites (tertiary alicyclic amines) is 2. The summed E-state index contributed by atoms with van der Waals surface area (Å²) in [4.78, 5) is 40.0. The van der Waals surface area contributed by atoms with Gasteiger partial charge in [-0.25, -0.2) is 0 Å². The first-order valence-electron chi connectivity index (χ1n) is 12.1. The van der Waals surface area contributed by atoms with Gasteiger partial charge in [0.1, 0.15) is 19.3 Å². The average Bonchev–Trinajstić information content (AvgIpc) is 3.42. The SMILES string of the molecule is CNC(C(=O)N1CC[C@@H]2C1CCN2C=O)C(C)OCC#CCOC(C)C(C)NC(=O)[C@H](C)NC. The molecule has 0 aromatic carbocycles. The number of nitrogens with zero attached hydrogens (tertiary/aromatic N) is 2. The average molecular weight is 480 g/mol. The molecule has 10 nitrogen and oxygen atoms in total. The second kappa shape index (κ2) is 13.6. The minimum Gasteiger partial charge on any atom is -0.364 e. The van der Waals surface area contributed by atoms with Crippen LogP contribution in [-0.2, 0) is 23.9 Å². The first-order valence-corrected chi connectivity index (χ1v) is 12.1. The molecule has 2 aliphatic heterocycles. The fourth-order valence-electron chi connectivity index (χ4n) is 4.45. The normalized spacial score (nSPS) is 23.8. The van der Waals surface area contributed by atoms with E-state index in [-0.39, 0.29) is 61.4 Å². The van der Waals surface area contributed by atoms with Crippen LogP contribution in [0, 0.1) is 11.8 Å². The second-order valence-corrected chi connectivity index (χ2v) is 9.05. The number of fused-ring (bicyclic) bond motifs is 1. The minimum atomic E-state index is -0.480. The van der Waals surface area contributed by atoms with Gasteiger partial charge in [0.25, 0.3) is 0 Å². The number of ether oxygens (including phenoxy) is 2. The van der Waals surface area contributed by atoms with Crippen molar-refractivity contribution in [3.63, 3.8) is 0 Å². The van der Waals surface area contributed by atoms with Crippen LogP contribution >= 0.6 is 0 Å². The fraction of sp³-hybridized carbons (Fsp3) is 0.792. The third kappa shape index (κ3) is 7.15. The summed E-state index contributed by atoms with van der Waals surface area (Å²) in [7, 11) is 3.49. The van der Waals surface area contributed by atoms with Gasteiger partial charge >= 0.3 is 0 Å². The fourth-order valence-corrected chi connectivity index (χ4v) is 4.45. The molecule has 2 rings (SSSR count). The summed E-state index contributed by atoms with van der Waals surface area (Å²) in [6.45, 7) is 9.20. The van der Waals surface area contributed by atoms with Crippen molar-refractivity contribution in [2.75, 3.05) is 40.4 Å². The summed E-state index contributed by atoms with van der Waals surface area (Å²) in [5, 5.41) is 8.89. The van der Waals surface area contributed by atoms with Gasteiger partial charge in [-0.2, -0.15) is 0 Å². The van der Waals surface area contributed by atoms with Crippen LogP contribution in [0.1, 0.15) is 40.5 Å². The molecule has 0 radical (unpaired) electrons. The maximum Gasteiger partial charge on any atom is 0.242 e. The first-order chi connectivity index (χ1) is 16.2. The zero-order chi connectivity index (χ0) is 25.3. The van der Waals surface area contributed by atoms with E-state index in [2.05, 4.69) is 27.8 Å². The number of carbonyl (C=O) groups is 3. The Balaban J connectivity index is 1.74. The summed E-state index contributed by atoms with van der Waals surface area (Å²) in [5.74, 6) is 5.77. The molecular weight excluding hydrogens is 438 g/mol. The Labute approximate surface area is 203 Å². The van der Waals surface area contributed by atoms with Crippen LogP contribution in [0.2, 0.25) is 0 Å². The van der Waals surface area contributed by atoms with Crippen LogP contribution in [0.4, 0.5) is 0 Å². The molecule has 192 valence electrons. The third-order valence-electron chi connectivity index (χ3n) is 6.95. The number of likely N-dealkylation sites (N-methyl/N-ethyl adjacent to an activating group) is 2. The van der Waals surface area contributed by atoms with Gasteiger partial charge in [-0.15, -0.1) is 0 Å². The van der Waals surface area contributed by atoms with Gasteiger partial charge in [0.2, 0.25) is 18.2 Å². The van der Waals surface area contributed by atoms with Crippen molar-refractivity contribution in [2.45, 2.75) is 83.0 Å². The minimum absolute atomic E-state index is 0.00370. The number of nitrogens with one attached hydrogen (secondary N) is 3. The Morgan fingerprint density at radius 2 is 1.59 bits per heavy atom. The molecule has 5 unspecified atom stereocenters. The molecule has 0 aromatic heterocycles. The van der Waals surface area contributed by atoms with Gasteiger partial charge in [0, 0.05) is 13.1 Å². The Bertz CT molecular complexity index is 754. The molecule has 0 aliphatic carbocycles. The van der Waals surface area contributed by atoms with Crippen molar-refractivity contribution in [2.24, 2.45) is 0 Å². The highest BCUT2D eigenvalue weighted by Crippen LogP contribution is 2.31. The van der Waals surface area contributed by atoms with Crippen molar-refractivity contribution in [3.8, 4) is 11.8 Å². The summed E-state index contributed by atoms with van der Waals surface area (Å²) in [6, 6.07) is -0.670. The lowest BCUT2D eigenvalue weighted by Crippen LogP contribution is -2.53. The molecule has 0 saturated carbocycles. The summed E-state index contributed by atoms with van der Waals surface area (Å²) in [6.07, 6.45) is 1.98. The van der Waals surface area contributed by atoms with Gasteiger partial charge in [-0.1, -0.05) is 11.8 Å². The lowest BCUT2D eigenvalue weighted by Gasteiger charge is -2.30. The standard InChI is InChI=1S/C24H41N5O5/c1-16(27-23(31)17(2)25-5)18(3)33-13-7-8-14-34-19(4)22(26-6)24(32)29-12-10-20-21(29)9-11-28(20)15-30/h15-22,25-26H,9-14H2,1-6H3,(H,27,31)/t16?,17-,18?,19?,20+,21?,22?/m0/s1. The first kappa shape index (κ1) is 28.1. The van der Waals surface area contributed by atoms with E-state index in [1.54, 1.807) is 21.0 Å². The Morgan fingerprint density at radius 1 is 0.971 bits per heavy atom. The second-order valence-electron chi connectivity index (χ2n) is 9.05. The predicted molar refractivity (Wildman–Crippen MR) is 129 cm³/mol. The highest BCUT2D eigenvalue weighted by atomic mass is 16.5. The third-order valence-corrected chi connectivity index (χ3v) is 6.95. The van der Waals surface area contributed by atoms with Crippen LogP contribution < -0.4 is 16.0 Å². The topological polar surface area (TPSA) is 112 Å². The van der Waals surface area contributed by atoms with E-state index < -0.39 is 6.04 Å². The summed E-state index contributed by atoms with van der Waals surface area (Å²) < 4.78 is 11.5. The van der Waals surface area contributed by atoms with Gasteiger partial charge in [0.05, 0.1) is 36.4 Å². The van der Waals surface area contributed by atoms with Crippen LogP contribution in [0.3, 0.4) is 0 Å². The van der Waals surface area contributed by atoms with Crippen molar-refractivity contribution >= 4 is 18.2 Å². The molecule has 10 heteroatoms. The van der Waals surface area contributed by atoms with E-state index in [1.807, 2.05) is 30.6 Å². The van der Waals surface area contributed by atoms with Gasteiger partial charge in [-0.05, 0) is 54.6 Å². The van der Waals surface area contributed by atoms with Gasteiger partial charge in [0.15, 0.2) is 0 Å². The quantitative estimate of drug-likeness (QED) is 0.251. The van der Waals surface area contributed by atoms with Crippen LogP contribution in [0.15, 0.2) is 0 Å². The Hall–Kier alpha value is -2.19. The number of carbonyl (C=O) groups excluding carboxylic acids is 3. The molecule has 0 bridgehead atoms. The molecule has 2 aliphatic rings. The lowest BCUT2D eigenvalue weighted by molar-refractivity contribution is -0.137. The Kier molecular flexibility index (Phi) is 11.2. The largest absolute Gasteiger partial charge is 0.364 e. The highest BCUT2D eigenvalue weighted by molar-refractivity contribution is 5.83. The lowest BCUT2D eigenvalue weighted by atomic mass is 10.1. The Morgan fingerprint density at radius 3 is 2.18 bits per heavy atom. The number of hydrogen-bond acceptors (Lipinski definition) is 7. The smallest absolute Gasteiger partial charge is 0.242 e. The molecule has 0 spiro atoms. The zero-order valence-electron chi connectivity index (χ0n) is 21.3. The summed E-state index contributed by atoms with van der Waals surface area (Å²) in [5.41, 5.74) is 0. The van der Waals surface area contributed by atoms with Crippen LogP contribution in [0.5, 0.6) is 0 Å². The molecule has 2 fully saturated rings. The molecule has 34 heavy (non-hydrogen) atoms. The zero-order valence-corrected chi connectivity index (χ0v) is 21.3. The van der Waals surface area contributed by atoms with Crippen molar-refractivity contribution in [1.29, 1.82) is 0 Å².